The van der Waals surface area contributed by atoms with E-state index in [1.165, 1.54) is 0 Å². The Morgan fingerprint density at radius 2 is 1.94 bits per heavy atom. The molecule has 0 amide bonds. The van der Waals surface area contributed by atoms with Gasteiger partial charge in [0.2, 0.25) is 0 Å². The molecule has 94 valence electrons. The Morgan fingerprint density at radius 3 is 2.41 bits per heavy atom. The van der Waals surface area contributed by atoms with Crippen molar-refractivity contribution in [3.63, 3.8) is 0 Å². The standard InChI is InChI=1S/C14H20O3/c1-10-6-4-5-7-11(10)12(13(15)16)8-9-14(2,3)17/h4-7,12,17H,8-9H2,1-3H3,(H,15,16). The van der Waals surface area contributed by atoms with Gasteiger partial charge in [0.25, 0.3) is 0 Å². The molecule has 1 aromatic rings. The van der Waals surface area contributed by atoms with Gasteiger partial charge in [0, 0.05) is 0 Å². The Hall–Kier alpha value is -1.35. The molecule has 3 heteroatoms. The quantitative estimate of drug-likeness (QED) is 0.826. The smallest absolute Gasteiger partial charge is 0.310 e. The van der Waals surface area contributed by atoms with Crippen molar-refractivity contribution in [3.8, 4) is 0 Å². The van der Waals surface area contributed by atoms with Crippen molar-refractivity contribution >= 4 is 5.97 Å². The van der Waals surface area contributed by atoms with Crippen LogP contribution < -0.4 is 0 Å². The highest BCUT2D eigenvalue weighted by Gasteiger charge is 2.24. The summed E-state index contributed by atoms with van der Waals surface area (Å²) in [6, 6.07) is 7.50. The maximum Gasteiger partial charge on any atom is 0.310 e. The molecule has 1 unspecified atom stereocenters. The minimum Gasteiger partial charge on any atom is -0.481 e. The number of hydrogen-bond acceptors (Lipinski definition) is 2. The number of carboxylic acids is 1. The molecule has 0 aromatic heterocycles. The fourth-order valence-electron chi connectivity index (χ4n) is 1.89. The van der Waals surface area contributed by atoms with Gasteiger partial charge in [-0.15, -0.1) is 0 Å². The summed E-state index contributed by atoms with van der Waals surface area (Å²) >= 11 is 0. The lowest BCUT2D eigenvalue weighted by Crippen LogP contribution is -2.22. The normalized spacial score (nSPS) is 13.4. The van der Waals surface area contributed by atoms with E-state index in [-0.39, 0.29) is 0 Å². The van der Waals surface area contributed by atoms with Gasteiger partial charge in [-0.3, -0.25) is 4.79 Å². The summed E-state index contributed by atoms with van der Waals surface area (Å²) in [4.78, 5) is 11.3. The maximum absolute atomic E-state index is 11.3. The van der Waals surface area contributed by atoms with Crippen LogP contribution in [-0.2, 0) is 4.79 Å². The van der Waals surface area contributed by atoms with E-state index in [4.69, 9.17) is 0 Å². The fraction of sp³-hybridized carbons (Fsp3) is 0.500. The lowest BCUT2D eigenvalue weighted by molar-refractivity contribution is -0.139. The molecule has 0 aliphatic heterocycles. The van der Waals surface area contributed by atoms with Gasteiger partial charge in [-0.1, -0.05) is 24.3 Å². The summed E-state index contributed by atoms with van der Waals surface area (Å²) in [5, 5.41) is 18.9. The lowest BCUT2D eigenvalue weighted by atomic mass is 9.88. The van der Waals surface area contributed by atoms with Gasteiger partial charge in [-0.2, -0.15) is 0 Å². The summed E-state index contributed by atoms with van der Waals surface area (Å²) in [5.74, 6) is -1.37. The largest absolute Gasteiger partial charge is 0.481 e. The molecule has 1 aromatic carbocycles. The molecule has 17 heavy (non-hydrogen) atoms. The van der Waals surface area contributed by atoms with Crippen molar-refractivity contribution in [1.82, 2.24) is 0 Å². The van der Waals surface area contributed by atoms with Crippen LogP contribution in [0.1, 0.15) is 43.7 Å². The first-order valence-corrected chi connectivity index (χ1v) is 5.82. The van der Waals surface area contributed by atoms with E-state index in [9.17, 15) is 15.0 Å². The van der Waals surface area contributed by atoms with Crippen molar-refractivity contribution in [2.24, 2.45) is 0 Å². The average molecular weight is 236 g/mol. The second-order valence-corrected chi connectivity index (χ2v) is 5.10. The number of aryl methyl sites for hydroxylation is 1. The van der Waals surface area contributed by atoms with Crippen molar-refractivity contribution < 1.29 is 15.0 Å². The first-order chi connectivity index (χ1) is 7.81. The summed E-state index contributed by atoms with van der Waals surface area (Å²) in [6.45, 7) is 5.31. The molecule has 0 aliphatic carbocycles. The average Bonchev–Trinajstić information content (AvgIpc) is 2.18. The summed E-state index contributed by atoms with van der Waals surface area (Å²) in [5.41, 5.74) is 0.996. The highest BCUT2D eigenvalue weighted by atomic mass is 16.4. The molecule has 2 N–H and O–H groups in total. The Bertz CT molecular complexity index is 391. The summed E-state index contributed by atoms with van der Waals surface area (Å²) in [7, 11) is 0. The van der Waals surface area contributed by atoms with Gasteiger partial charge < -0.3 is 10.2 Å². The van der Waals surface area contributed by atoms with E-state index in [0.29, 0.717) is 12.8 Å². The minimum absolute atomic E-state index is 0.448. The molecular formula is C14H20O3. The van der Waals surface area contributed by atoms with Gasteiger partial charge in [-0.05, 0) is 44.7 Å². The molecule has 0 spiro atoms. The van der Waals surface area contributed by atoms with E-state index in [2.05, 4.69) is 0 Å². The second kappa shape index (κ2) is 5.32. The first-order valence-electron chi connectivity index (χ1n) is 5.82. The van der Waals surface area contributed by atoms with Gasteiger partial charge in [-0.25, -0.2) is 0 Å². The molecular weight excluding hydrogens is 216 g/mol. The number of carboxylic acid groups (broad SMARTS) is 1. The summed E-state index contributed by atoms with van der Waals surface area (Å²) in [6.07, 6.45) is 0.919. The predicted octanol–water partition coefficient (Wildman–Crippen LogP) is 2.71. The summed E-state index contributed by atoms with van der Waals surface area (Å²) < 4.78 is 0. The van der Waals surface area contributed by atoms with Gasteiger partial charge in [0.1, 0.15) is 0 Å². The molecule has 1 rings (SSSR count). The van der Waals surface area contributed by atoms with E-state index >= 15 is 0 Å². The Morgan fingerprint density at radius 1 is 1.35 bits per heavy atom. The molecule has 0 bridgehead atoms. The molecule has 0 saturated heterocycles. The number of rotatable bonds is 5. The zero-order chi connectivity index (χ0) is 13.1. The van der Waals surface area contributed by atoms with E-state index in [1.807, 2.05) is 31.2 Å². The number of carbonyl (C=O) groups is 1. The molecule has 0 heterocycles. The monoisotopic (exact) mass is 236 g/mol. The number of aliphatic hydroxyl groups is 1. The number of benzene rings is 1. The third-order valence-corrected chi connectivity index (χ3v) is 2.91. The topological polar surface area (TPSA) is 57.5 Å². The highest BCUT2D eigenvalue weighted by molar-refractivity contribution is 5.76. The van der Waals surface area contributed by atoms with Crippen molar-refractivity contribution in [1.29, 1.82) is 0 Å². The van der Waals surface area contributed by atoms with Crippen LogP contribution >= 0.6 is 0 Å². The third kappa shape index (κ3) is 4.19. The van der Waals surface area contributed by atoms with Crippen LogP contribution in [0.2, 0.25) is 0 Å². The third-order valence-electron chi connectivity index (χ3n) is 2.91. The zero-order valence-electron chi connectivity index (χ0n) is 10.6. The van der Waals surface area contributed by atoms with Crippen LogP contribution in [0.3, 0.4) is 0 Å². The van der Waals surface area contributed by atoms with E-state index < -0.39 is 17.5 Å². The second-order valence-electron chi connectivity index (χ2n) is 5.10. The molecule has 3 nitrogen and oxygen atoms in total. The van der Waals surface area contributed by atoms with Crippen LogP contribution in [0, 0.1) is 6.92 Å². The van der Waals surface area contributed by atoms with Crippen molar-refractivity contribution in [3.05, 3.63) is 35.4 Å². The van der Waals surface area contributed by atoms with E-state index in [0.717, 1.165) is 11.1 Å². The van der Waals surface area contributed by atoms with Gasteiger partial charge in [0.05, 0.1) is 11.5 Å². The maximum atomic E-state index is 11.3. The van der Waals surface area contributed by atoms with Crippen LogP contribution in [0.4, 0.5) is 0 Å². The number of hydrogen-bond donors (Lipinski definition) is 2. The molecule has 0 radical (unpaired) electrons. The predicted molar refractivity (Wildman–Crippen MR) is 67.1 cm³/mol. The molecule has 0 aliphatic rings. The van der Waals surface area contributed by atoms with Crippen LogP contribution in [0.25, 0.3) is 0 Å². The van der Waals surface area contributed by atoms with Crippen LogP contribution in [-0.4, -0.2) is 21.8 Å². The van der Waals surface area contributed by atoms with Gasteiger partial charge in [0.15, 0.2) is 0 Å². The Kier molecular flexibility index (Phi) is 4.29. The highest BCUT2D eigenvalue weighted by Crippen LogP contribution is 2.27. The van der Waals surface area contributed by atoms with Crippen molar-refractivity contribution in [2.75, 3.05) is 0 Å². The van der Waals surface area contributed by atoms with Gasteiger partial charge >= 0.3 is 5.97 Å². The molecule has 0 fully saturated rings. The van der Waals surface area contributed by atoms with Crippen molar-refractivity contribution in [2.45, 2.75) is 45.1 Å². The number of aliphatic carboxylic acids is 1. The lowest BCUT2D eigenvalue weighted by Gasteiger charge is -2.21. The van der Waals surface area contributed by atoms with Crippen LogP contribution in [0.15, 0.2) is 24.3 Å². The molecule has 1 atom stereocenters. The zero-order valence-corrected chi connectivity index (χ0v) is 10.6. The Balaban J connectivity index is 2.88. The SMILES string of the molecule is Cc1ccccc1C(CCC(C)(C)O)C(=O)O. The van der Waals surface area contributed by atoms with Crippen LogP contribution in [0.5, 0.6) is 0 Å². The first kappa shape index (κ1) is 13.7. The minimum atomic E-state index is -0.830. The van der Waals surface area contributed by atoms with E-state index in [1.54, 1.807) is 13.8 Å². The fourth-order valence-corrected chi connectivity index (χ4v) is 1.89. The molecule has 0 saturated carbocycles. The Labute approximate surface area is 102 Å².